The predicted molar refractivity (Wildman–Crippen MR) is 95.1 cm³/mol. The molecule has 0 spiro atoms. The first-order valence-electron chi connectivity index (χ1n) is 7.40. The van der Waals surface area contributed by atoms with Crippen molar-refractivity contribution in [2.45, 2.75) is 32.2 Å². The summed E-state index contributed by atoms with van der Waals surface area (Å²) in [6, 6.07) is 17.2. The number of hydrogen-bond donors (Lipinski definition) is 1. The molecule has 0 saturated heterocycles. The molecule has 0 aliphatic rings. The molecule has 0 aromatic heterocycles. The van der Waals surface area contributed by atoms with Gasteiger partial charge < -0.3 is 5.32 Å². The third-order valence-electron chi connectivity index (χ3n) is 3.49. The van der Waals surface area contributed by atoms with Crippen molar-refractivity contribution in [2.24, 2.45) is 0 Å². The summed E-state index contributed by atoms with van der Waals surface area (Å²) < 4.78 is 1.03. The third kappa shape index (κ3) is 5.46. The van der Waals surface area contributed by atoms with Gasteiger partial charge in [0.1, 0.15) is 0 Å². The second-order valence-corrected chi connectivity index (χ2v) is 6.60. The molecule has 21 heavy (non-hydrogen) atoms. The van der Waals surface area contributed by atoms with Crippen LogP contribution in [0, 0.1) is 0 Å². The quantitative estimate of drug-likeness (QED) is 0.705. The summed E-state index contributed by atoms with van der Waals surface area (Å²) in [5, 5.41) is 4.47. The van der Waals surface area contributed by atoms with Crippen molar-refractivity contribution in [1.82, 2.24) is 5.32 Å². The van der Waals surface area contributed by atoms with E-state index in [1.54, 1.807) is 0 Å². The smallest absolute Gasteiger partial charge is 0.0449 e. The average molecular weight is 367 g/mol. The molecule has 0 aliphatic carbocycles. The van der Waals surface area contributed by atoms with E-state index in [-0.39, 0.29) is 0 Å². The highest BCUT2D eigenvalue weighted by atomic mass is 79.9. The Kier molecular flexibility index (Phi) is 6.75. The van der Waals surface area contributed by atoms with Crippen molar-refractivity contribution in [3.05, 3.63) is 69.2 Å². The first-order valence-corrected chi connectivity index (χ1v) is 8.57. The minimum Gasteiger partial charge on any atom is -0.313 e. The molecule has 112 valence electrons. The molecule has 2 aromatic rings. The lowest BCUT2D eigenvalue weighted by molar-refractivity contribution is 0.505. The lowest BCUT2D eigenvalue weighted by Gasteiger charge is -2.19. The molecule has 1 atom stereocenters. The van der Waals surface area contributed by atoms with Crippen molar-refractivity contribution in [1.29, 1.82) is 0 Å². The summed E-state index contributed by atoms with van der Waals surface area (Å²) in [6.45, 7) is 3.23. The van der Waals surface area contributed by atoms with Crippen LogP contribution in [0.25, 0.3) is 0 Å². The molecule has 0 amide bonds. The molecule has 3 heteroatoms. The van der Waals surface area contributed by atoms with E-state index >= 15 is 0 Å². The van der Waals surface area contributed by atoms with E-state index in [1.807, 2.05) is 6.07 Å². The maximum absolute atomic E-state index is 6.35. The molecule has 0 heterocycles. The molecular weight excluding hydrogens is 346 g/mol. The summed E-state index contributed by atoms with van der Waals surface area (Å²) in [7, 11) is 0. The normalized spacial score (nSPS) is 12.3. The Morgan fingerprint density at radius 3 is 2.52 bits per heavy atom. The summed E-state index contributed by atoms with van der Waals surface area (Å²) in [5.41, 5.74) is 2.56. The van der Waals surface area contributed by atoms with Gasteiger partial charge in [-0.25, -0.2) is 0 Å². The maximum Gasteiger partial charge on any atom is 0.0449 e. The van der Waals surface area contributed by atoms with E-state index in [0.717, 1.165) is 35.3 Å². The van der Waals surface area contributed by atoms with Gasteiger partial charge in [0, 0.05) is 15.5 Å². The molecule has 0 bridgehead atoms. The zero-order valence-corrected chi connectivity index (χ0v) is 14.6. The fourth-order valence-corrected chi connectivity index (χ4v) is 3.17. The van der Waals surface area contributed by atoms with Crippen molar-refractivity contribution < 1.29 is 0 Å². The highest BCUT2D eigenvalue weighted by molar-refractivity contribution is 9.10. The Bertz CT molecular complexity index is 556. The molecule has 2 rings (SSSR count). The SMILES string of the molecule is CCCNC(Cc1ccccc1)Cc1ccc(Br)cc1Cl. The van der Waals surface area contributed by atoms with Crippen LogP contribution in [-0.4, -0.2) is 12.6 Å². The van der Waals surface area contributed by atoms with Gasteiger partial charge in [-0.3, -0.25) is 0 Å². The second-order valence-electron chi connectivity index (χ2n) is 5.28. The molecule has 2 aromatic carbocycles. The Hall–Kier alpha value is -0.830. The van der Waals surface area contributed by atoms with Crippen molar-refractivity contribution in [2.75, 3.05) is 6.54 Å². The fourth-order valence-electron chi connectivity index (χ4n) is 2.42. The van der Waals surface area contributed by atoms with Gasteiger partial charge in [0.05, 0.1) is 0 Å². The van der Waals surface area contributed by atoms with Crippen LogP contribution < -0.4 is 5.32 Å². The van der Waals surface area contributed by atoms with Crippen LogP contribution in [0.5, 0.6) is 0 Å². The maximum atomic E-state index is 6.35. The van der Waals surface area contributed by atoms with Crippen LogP contribution in [0.15, 0.2) is 53.0 Å². The minimum absolute atomic E-state index is 0.408. The van der Waals surface area contributed by atoms with E-state index in [2.05, 4.69) is 70.6 Å². The van der Waals surface area contributed by atoms with Gasteiger partial charge >= 0.3 is 0 Å². The van der Waals surface area contributed by atoms with Crippen LogP contribution in [0.1, 0.15) is 24.5 Å². The van der Waals surface area contributed by atoms with Crippen molar-refractivity contribution in [3.8, 4) is 0 Å². The number of rotatable bonds is 7. The van der Waals surface area contributed by atoms with Crippen LogP contribution in [0.2, 0.25) is 5.02 Å². The molecular formula is C18H21BrClN. The first kappa shape index (κ1) is 16.5. The van der Waals surface area contributed by atoms with Crippen LogP contribution >= 0.6 is 27.5 Å². The molecule has 1 nitrogen and oxygen atoms in total. The number of halogens is 2. The zero-order valence-electron chi connectivity index (χ0n) is 12.3. The largest absolute Gasteiger partial charge is 0.313 e. The van der Waals surface area contributed by atoms with E-state index in [4.69, 9.17) is 11.6 Å². The van der Waals surface area contributed by atoms with Crippen LogP contribution in [0.4, 0.5) is 0 Å². The lowest BCUT2D eigenvalue weighted by Crippen LogP contribution is -2.33. The summed E-state index contributed by atoms with van der Waals surface area (Å²) in [4.78, 5) is 0. The average Bonchev–Trinajstić information content (AvgIpc) is 2.48. The van der Waals surface area contributed by atoms with E-state index in [0.29, 0.717) is 6.04 Å². The molecule has 0 fully saturated rings. The van der Waals surface area contributed by atoms with Crippen molar-refractivity contribution in [3.63, 3.8) is 0 Å². The summed E-state index contributed by atoms with van der Waals surface area (Å²) in [5.74, 6) is 0. The van der Waals surface area contributed by atoms with Gasteiger partial charge in [-0.15, -0.1) is 0 Å². The fraction of sp³-hybridized carbons (Fsp3) is 0.333. The number of nitrogens with one attached hydrogen (secondary N) is 1. The van der Waals surface area contributed by atoms with Crippen LogP contribution in [-0.2, 0) is 12.8 Å². The number of benzene rings is 2. The lowest BCUT2D eigenvalue weighted by atomic mass is 9.99. The molecule has 0 radical (unpaired) electrons. The monoisotopic (exact) mass is 365 g/mol. The third-order valence-corrected chi connectivity index (χ3v) is 4.33. The summed E-state index contributed by atoms with van der Waals surface area (Å²) >= 11 is 9.81. The Morgan fingerprint density at radius 2 is 1.86 bits per heavy atom. The van der Waals surface area contributed by atoms with Crippen molar-refractivity contribution >= 4 is 27.5 Å². The Balaban J connectivity index is 2.08. The predicted octanol–water partition coefficient (Wildman–Crippen LogP) is 5.26. The Labute approximate surface area is 140 Å². The zero-order chi connectivity index (χ0) is 15.1. The van der Waals surface area contributed by atoms with Gasteiger partial charge in [-0.2, -0.15) is 0 Å². The van der Waals surface area contributed by atoms with Gasteiger partial charge in [0.2, 0.25) is 0 Å². The topological polar surface area (TPSA) is 12.0 Å². The Morgan fingerprint density at radius 1 is 1.10 bits per heavy atom. The minimum atomic E-state index is 0.408. The van der Waals surface area contributed by atoms with Gasteiger partial charge in [-0.1, -0.05) is 70.9 Å². The molecule has 0 aliphatic heterocycles. The van der Waals surface area contributed by atoms with E-state index < -0.39 is 0 Å². The van der Waals surface area contributed by atoms with Gasteiger partial charge in [-0.05, 0) is 49.1 Å². The van der Waals surface area contributed by atoms with E-state index in [1.165, 1.54) is 11.1 Å². The number of hydrogen-bond acceptors (Lipinski definition) is 1. The second kappa shape index (κ2) is 8.57. The highest BCUT2D eigenvalue weighted by Gasteiger charge is 2.12. The molecule has 1 unspecified atom stereocenters. The standard InChI is InChI=1S/C18H21BrClN/c1-2-10-21-17(11-14-6-4-3-5-7-14)12-15-8-9-16(19)13-18(15)20/h3-9,13,17,21H,2,10-12H2,1H3. The first-order chi connectivity index (χ1) is 10.2. The molecule has 0 saturated carbocycles. The van der Waals surface area contributed by atoms with Gasteiger partial charge in [0.15, 0.2) is 0 Å². The summed E-state index contributed by atoms with van der Waals surface area (Å²) in [6.07, 6.45) is 3.10. The molecule has 1 N–H and O–H groups in total. The van der Waals surface area contributed by atoms with E-state index in [9.17, 15) is 0 Å². The highest BCUT2D eigenvalue weighted by Crippen LogP contribution is 2.23. The van der Waals surface area contributed by atoms with Crippen LogP contribution in [0.3, 0.4) is 0 Å². The van der Waals surface area contributed by atoms with Gasteiger partial charge in [0.25, 0.3) is 0 Å².